The molecule has 1 fully saturated rings. The molecule has 1 aliphatic carbocycles. The zero-order valence-electron chi connectivity index (χ0n) is 72.3. The van der Waals surface area contributed by atoms with Gasteiger partial charge in [0.25, 0.3) is 5.91 Å². The fraction of sp³-hybridized carbons (Fsp3) is 0.483. The van der Waals surface area contributed by atoms with Gasteiger partial charge in [0.05, 0.1) is 101 Å². The standard InChI is InChI=1S/C87H107N13O28S/c1-40(22-65(106)43(4)96-82(121)51(12-19-76(115)116)27-70(111)64(30-54-36-90-39-93-54)98-84(123)60(47(8)102)24-42(3)101)79(118)94-45(6)67(108)28-52(37-129-73-34-74(112)100(86(73)125)21-20-91-81(120)50-10-15-57(87(126)127)62(25-50)77-58-16-13-55(104)31-71(58)128-72-32-56(105)14-17-59(72)77)83(122)97-44(5)66(107)23-41(2)80(119)95-46(7)68(109)33-61(48(9)103)85(124)99-63(29-53-35-89-38-92-53)69(110)26-49(78(88)117)11-18-75(113)114/h10,13-17,25,31-32,35-36,38-41,43-49,51-52,60-61,63-64,73,102-104H,11-12,18-24,26-30,33-34,37H2,1-9H3,(H2,88,117)(H,89,92)(H,90,93)(H,91,120)(H,94,118)(H,95,119)(H,96,121)(H,97,122)(H,98,123)(H,99,124)(H,113,114)(H,115,116)(H,126,127)/t40-,41-,43+,44+,45+,46+,47-,48-,49-,51-,52+,60+,61+,63+,64+,73?/m0/s1. The van der Waals surface area contributed by atoms with Crippen molar-refractivity contribution in [2.45, 2.75) is 206 Å². The first-order valence-electron chi connectivity index (χ1n) is 41.6. The normalized spacial score (nSPS) is 16.1. The van der Waals surface area contributed by atoms with Crippen LogP contribution < -0.4 is 48.4 Å². The fourth-order valence-corrected chi connectivity index (χ4v) is 15.6. The summed E-state index contributed by atoms with van der Waals surface area (Å²) >= 11 is 0.774. The molecule has 42 heteroatoms. The molecule has 0 radical (unpaired) electrons. The number of nitrogens with two attached hydrogens (primary N) is 1. The number of phenols is 1. The molecule has 0 bridgehead atoms. The van der Waals surface area contributed by atoms with Crippen LogP contribution in [0.2, 0.25) is 0 Å². The summed E-state index contributed by atoms with van der Waals surface area (Å²) in [7, 11) is 0. The molecule has 3 aliphatic rings. The van der Waals surface area contributed by atoms with Gasteiger partial charge in [-0.15, -0.1) is 11.8 Å². The third-order valence-corrected chi connectivity index (χ3v) is 23.4. The molecular weight excluding hydrogens is 1710 g/mol. The second-order valence-electron chi connectivity index (χ2n) is 32.4. The number of likely N-dealkylation sites (tertiary alicyclic amines) is 1. The van der Waals surface area contributed by atoms with Crippen LogP contribution in [0.3, 0.4) is 0 Å². The van der Waals surface area contributed by atoms with Crippen LogP contribution in [-0.2, 0) is 99.1 Å². The number of carbonyl (C=O) groups is 20. The minimum atomic E-state index is -1.54. The minimum Gasteiger partial charge on any atom is -0.508 e. The predicted molar refractivity (Wildman–Crippen MR) is 457 cm³/mol. The van der Waals surface area contributed by atoms with Crippen LogP contribution in [0.15, 0.2) is 88.9 Å². The highest BCUT2D eigenvalue weighted by Crippen LogP contribution is 2.43. The molecule has 129 heavy (non-hydrogen) atoms. The highest BCUT2D eigenvalue weighted by atomic mass is 32.2. The Labute approximate surface area is 742 Å². The number of carbonyl (C=O) groups excluding carboxylic acids is 17. The number of carboxylic acid groups (broad SMARTS) is 3. The predicted octanol–water partition coefficient (Wildman–Crippen LogP) is 1.54. The van der Waals surface area contributed by atoms with Gasteiger partial charge in [-0.1, -0.05) is 13.8 Å². The van der Waals surface area contributed by atoms with Crippen LogP contribution >= 0.6 is 11.8 Å². The molecule has 2 aromatic heterocycles. The lowest BCUT2D eigenvalue weighted by molar-refractivity contribution is -0.139. The fourth-order valence-electron chi connectivity index (χ4n) is 14.3. The number of aliphatic hydroxyl groups is 2. The van der Waals surface area contributed by atoms with Gasteiger partial charge in [-0.25, -0.2) is 14.8 Å². The SMILES string of the molecule is CC(=O)C[C@@H](C(=O)N[C@H](Cc1c[nH]cn1)C(=O)C[C@H](CCC(=O)O)C(=O)N[C@H](C)C(=O)C[C@H](C)C(=O)N[C@H](C)C(=O)C[C@H](CSC1CC(=O)N(CCNC(=O)c2ccc(C(=O)O)c(-c3c4ccc(=O)cc-4oc4cc(O)ccc34)c2)C1=O)C(=O)N[C@H](C)C(=O)C[C@H](C)C(=O)N[C@H](C)C(=O)C[C@@H](C(=O)N[C@H](Cc1c[nH]cn1)C(=O)C[C@H](CCC(=O)O)C(N)=O)[C@H](C)O)[C@H](C)O. The molecule has 1 unspecified atom stereocenters. The van der Waals surface area contributed by atoms with Gasteiger partial charge in [0.1, 0.15) is 22.9 Å². The molecule has 4 heterocycles. The molecular formula is C87H107N13O28S. The third kappa shape index (κ3) is 29.9. The smallest absolute Gasteiger partial charge is 0.336 e. The largest absolute Gasteiger partial charge is 0.508 e. The molecule has 17 N–H and O–H groups in total. The van der Waals surface area contributed by atoms with Gasteiger partial charge >= 0.3 is 17.9 Å². The second kappa shape index (κ2) is 47.4. The Morgan fingerprint density at radius 2 is 1.02 bits per heavy atom. The summed E-state index contributed by atoms with van der Waals surface area (Å²) in [5, 5.41) is 77.3. The average Bonchev–Trinajstić information content (AvgIpc) is 1.29. The molecule has 0 saturated carbocycles. The molecule has 10 amide bonds. The Morgan fingerprint density at radius 3 is 1.51 bits per heavy atom. The van der Waals surface area contributed by atoms with Gasteiger partial charge in [-0.3, -0.25) is 96.0 Å². The summed E-state index contributed by atoms with van der Waals surface area (Å²) in [6.07, 6.45) is -4.46. The molecule has 0 spiro atoms. The molecule has 41 nitrogen and oxygen atoms in total. The number of amides is 10. The van der Waals surface area contributed by atoms with Crippen LogP contribution in [0.25, 0.3) is 33.4 Å². The van der Waals surface area contributed by atoms with Gasteiger partial charge in [0.15, 0.2) is 40.1 Å². The summed E-state index contributed by atoms with van der Waals surface area (Å²) in [4.78, 5) is 296. The Balaban J connectivity index is 1.02. The number of thioether (sulfide) groups is 1. The molecule has 2 aliphatic heterocycles. The second-order valence-corrected chi connectivity index (χ2v) is 33.6. The number of H-pyrrole nitrogens is 2. The Hall–Kier alpha value is -13.4. The van der Waals surface area contributed by atoms with Gasteiger partial charge in [-0.2, -0.15) is 0 Å². The number of aliphatic carboxylic acids is 2. The van der Waals surface area contributed by atoms with Gasteiger partial charge in [-0.05, 0) is 109 Å². The van der Waals surface area contributed by atoms with E-state index in [9.17, 15) is 131 Å². The number of imidazole rings is 2. The number of primary amides is 1. The number of aromatic amines is 2. The maximum atomic E-state index is 14.6. The van der Waals surface area contributed by atoms with Crippen molar-refractivity contribution < 1.29 is 131 Å². The number of hydrogen-bond acceptors (Lipinski definition) is 28. The quantitative estimate of drug-likeness (QED) is 0.0190. The highest BCUT2D eigenvalue weighted by Gasteiger charge is 2.42. The third-order valence-electron chi connectivity index (χ3n) is 22.1. The van der Waals surface area contributed by atoms with Crippen LogP contribution in [-0.4, -0.2) is 245 Å². The number of fused-ring (bicyclic) bond motifs is 2. The van der Waals surface area contributed by atoms with Gasteiger partial charge in [0, 0.05) is 166 Å². The summed E-state index contributed by atoms with van der Waals surface area (Å²) in [6.45, 7) is 10.6. The number of aliphatic hydroxyl groups excluding tert-OH is 2. The van der Waals surface area contributed by atoms with Crippen molar-refractivity contribution in [2.24, 2.45) is 47.2 Å². The van der Waals surface area contributed by atoms with Crippen molar-refractivity contribution in [3.8, 4) is 28.2 Å². The van der Waals surface area contributed by atoms with Gasteiger partial charge in [0.2, 0.25) is 53.2 Å². The van der Waals surface area contributed by atoms with Crippen molar-refractivity contribution in [2.75, 3.05) is 18.8 Å². The number of aromatic hydroxyl groups is 1. The monoisotopic (exact) mass is 1810 g/mol. The Morgan fingerprint density at radius 1 is 0.543 bits per heavy atom. The molecule has 7 rings (SSSR count). The minimum absolute atomic E-state index is 0.0176. The van der Waals surface area contributed by atoms with Crippen molar-refractivity contribution in [1.82, 2.24) is 62.1 Å². The van der Waals surface area contributed by atoms with E-state index in [0.29, 0.717) is 5.39 Å². The Kier molecular flexibility index (Phi) is 37.8. The van der Waals surface area contributed by atoms with E-state index in [1.54, 1.807) is 0 Å². The summed E-state index contributed by atoms with van der Waals surface area (Å²) in [5.41, 5.74) is 5.88. The number of ketones is 7. The number of aromatic nitrogens is 4. The van der Waals surface area contributed by atoms with Crippen molar-refractivity contribution in [3.63, 3.8) is 0 Å². The lowest BCUT2D eigenvalue weighted by atomic mass is 9.89. The lowest BCUT2D eigenvalue weighted by Crippen LogP contribution is -2.49. The van der Waals surface area contributed by atoms with Crippen molar-refractivity contribution in [3.05, 3.63) is 112 Å². The lowest BCUT2D eigenvalue weighted by Gasteiger charge is -2.25. The number of Topliss-reactive ketones (excluding diaryl/α,β-unsaturated/α-hetero) is 7. The molecule has 2 aromatic carbocycles. The topological polar surface area (TPSA) is 664 Å². The van der Waals surface area contributed by atoms with E-state index in [0.717, 1.165) is 16.7 Å². The number of nitrogens with one attached hydrogen (secondary N) is 9. The number of aromatic carboxylic acids is 1. The summed E-state index contributed by atoms with van der Waals surface area (Å²) < 4.78 is 5.92. The first kappa shape index (κ1) is 103. The number of rotatable bonds is 54. The number of hydrogen-bond donors (Lipinski definition) is 16. The maximum absolute atomic E-state index is 14.6. The number of carboxylic acids is 3. The van der Waals surface area contributed by atoms with Crippen molar-refractivity contribution >= 4 is 140 Å². The van der Waals surface area contributed by atoms with Crippen molar-refractivity contribution in [1.29, 1.82) is 0 Å². The maximum Gasteiger partial charge on any atom is 0.336 e. The first-order valence-corrected chi connectivity index (χ1v) is 42.6. The number of nitrogens with zero attached hydrogens (tertiary/aromatic N) is 3. The van der Waals surface area contributed by atoms with Gasteiger partial charge < -0.3 is 92.8 Å². The van der Waals surface area contributed by atoms with E-state index in [1.165, 1.54) is 142 Å². The van der Waals surface area contributed by atoms with Crippen LogP contribution in [0.1, 0.15) is 171 Å². The van der Waals surface area contributed by atoms with E-state index in [4.69, 9.17) is 10.2 Å². The number of benzene rings is 3. The summed E-state index contributed by atoms with van der Waals surface area (Å²) in [6, 6.07) is 3.11. The first-order chi connectivity index (χ1) is 60.7. The van der Waals surface area contributed by atoms with Crippen LogP contribution in [0, 0.1) is 41.4 Å². The van der Waals surface area contributed by atoms with E-state index >= 15 is 0 Å². The van der Waals surface area contributed by atoms with E-state index in [2.05, 4.69) is 57.2 Å². The van der Waals surface area contributed by atoms with Crippen LogP contribution in [0.4, 0.5) is 0 Å². The van der Waals surface area contributed by atoms with E-state index < -0.39 is 295 Å². The van der Waals surface area contributed by atoms with E-state index in [-0.39, 0.29) is 88.5 Å². The van der Waals surface area contributed by atoms with E-state index in [1.807, 2.05) is 0 Å². The number of phenolic OH excluding ortho intramolecular Hbond substituents is 1. The zero-order valence-corrected chi connectivity index (χ0v) is 73.1. The highest BCUT2D eigenvalue weighted by molar-refractivity contribution is 8.00. The summed E-state index contributed by atoms with van der Waals surface area (Å²) in [5.74, 6) is -27.8. The molecule has 694 valence electrons. The zero-order chi connectivity index (χ0) is 95.7. The van der Waals surface area contributed by atoms with Crippen LogP contribution in [0.5, 0.6) is 5.75 Å². The number of imide groups is 1. The molecule has 4 aromatic rings. The molecule has 16 atom stereocenters. The molecule has 1 saturated heterocycles. The Bertz CT molecular complexity index is 5240. The average molecular weight is 1810 g/mol.